The summed E-state index contributed by atoms with van der Waals surface area (Å²) in [6, 6.07) is 10.2. The highest BCUT2D eigenvalue weighted by Crippen LogP contribution is 2.49. The van der Waals surface area contributed by atoms with E-state index in [1.165, 1.54) is 17.6 Å². The molecule has 1 N–H and O–H groups in total. The summed E-state index contributed by atoms with van der Waals surface area (Å²) < 4.78 is 5.06. The van der Waals surface area contributed by atoms with E-state index in [-0.39, 0.29) is 29.1 Å². The monoisotopic (exact) mass is 411 g/mol. The standard InChI is InChI=1S/C24H29NO3S/c1-24(2,3)15-10-11-16-19(12-15)29-22(20(16)23(27)28-4)25-21(26)18-13-17(18)14-8-6-5-7-9-14/h5-9,15,17-18H,10-13H2,1-4H3,(H,25,26)/t15-,17-,18-/m0/s1. The SMILES string of the molecule is COC(=O)c1c(NC(=O)[C@H]2C[C@H]2c2ccccc2)sc2c1CC[C@H](C(C)(C)C)C2. The number of rotatable bonds is 4. The summed E-state index contributed by atoms with van der Waals surface area (Å²) in [5.74, 6) is 0.493. The number of amides is 1. The van der Waals surface area contributed by atoms with Gasteiger partial charge in [0.05, 0.1) is 12.7 Å². The topological polar surface area (TPSA) is 55.4 Å². The first-order valence-corrected chi connectivity index (χ1v) is 11.2. The zero-order valence-electron chi connectivity index (χ0n) is 17.6. The zero-order valence-corrected chi connectivity index (χ0v) is 18.4. The molecule has 3 atom stereocenters. The maximum atomic E-state index is 12.9. The molecule has 2 aliphatic carbocycles. The van der Waals surface area contributed by atoms with Crippen LogP contribution in [-0.2, 0) is 22.4 Å². The molecular formula is C24H29NO3S. The second-order valence-electron chi connectivity index (χ2n) is 9.35. The van der Waals surface area contributed by atoms with Crippen LogP contribution >= 0.6 is 11.3 Å². The Balaban J connectivity index is 1.55. The van der Waals surface area contributed by atoms with Crippen molar-refractivity contribution < 1.29 is 14.3 Å². The first-order valence-electron chi connectivity index (χ1n) is 10.4. The van der Waals surface area contributed by atoms with Crippen molar-refractivity contribution in [3.8, 4) is 0 Å². The van der Waals surface area contributed by atoms with Gasteiger partial charge < -0.3 is 10.1 Å². The molecule has 29 heavy (non-hydrogen) atoms. The van der Waals surface area contributed by atoms with E-state index in [4.69, 9.17) is 4.74 Å². The summed E-state index contributed by atoms with van der Waals surface area (Å²) in [5.41, 5.74) is 3.09. The number of carbonyl (C=O) groups is 2. The smallest absolute Gasteiger partial charge is 0.341 e. The van der Waals surface area contributed by atoms with Gasteiger partial charge in [0, 0.05) is 10.8 Å². The number of ether oxygens (including phenoxy) is 1. The molecule has 1 aromatic carbocycles. The molecule has 0 aliphatic heterocycles. The van der Waals surface area contributed by atoms with Gasteiger partial charge in [-0.2, -0.15) is 0 Å². The number of methoxy groups -OCH3 is 1. The van der Waals surface area contributed by atoms with Crippen molar-refractivity contribution in [1.82, 2.24) is 0 Å². The molecule has 154 valence electrons. The summed E-state index contributed by atoms with van der Waals surface area (Å²) in [6.07, 6.45) is 3.74. The fourth-order valence-electron chi connectivity index (χ4n) is 4.49. The van der Waals surface area contributed by atoms with Crippen molar-refractivity contribution in [3.05, 3.63) is 51.9 Å². The third-order valence-electron chi connectivity index (χ3n) is 6.47. The van der Waals surface area contributed by atoms with Gasteiger partial charge in [-0.05, 0) is 54.1 Å². The van der Waals surface area contributed by atoms with Gasteiger partial charge in [0.2, 0.25) is 5.91 Å². The Morgan fingerprint density at radius 1 is 1.17 bits per heavy atom. The molecule has 0 saturated heterocycles. The molecule has 0 spiro atoms. The van der Waals surface area contributed by atoms with E-state index in [1.54, 1.807) is 11.3 Å². The molecule has 1 heterocycles. The minimum absolute atomic E-state index is 0.00924. The number of anilines is 1. The number of hydrogen-bond donors (Lipinski definition) is 1. The lowest BCUT2D eigenvalue weighted by atomic mass is 9.72. The lowest BCUT2D eigenvalue weighted by molar-refractivity contribution is -0.117. The second-order valence-corrected chi connectivity index (χ2v) is 10.5. The molecule has 1 aromatic heterocycles. The van der Waals surface area contributed by atoms with Crippen LogP contribution in [0.4, 0.5) is 5.00 Å². The number of thiophene rings is 1. The average molecular weight is 412 g/mol. The van der Waals surface area contributed by atoms with E-state index in [9.17, 15) is 9.59 Å². The lowest BCUT2D eigenvalue weighted by Crippen LogP contribution is -2.26. The van der Waals surface area contributed by atoms with Crippen LogP contribution in [0.1, 0.15) is 65.9 Å². The van der Waals surface area contributed by atoms with Crippen molar-refractivity contribution >= 4 is 28.2 Å². The molecule has 2 aliphatic rings. The molecule has 0 unspecified atom stereocenters. The van der Waals surface area contributed by atoms with Gasteiger partial charge in [-0.15, -0.1) is 11.3 Å². The van der Waals surface area contributed by atoms with E-state index < -0.39 is 0 Å². The third-order valence-corrected chi connectivity index (χ3v) is 7.64. The van der Waals surface area contributed by atoms with Gasteiger partial charge in [0.15, 0.2) is 0 Å². The largest absolute Gasteiger partial charge is 0.465 e. The van der Waals surface area contributed by atoms with Gasteiger partial charge in [-0.1, -0.05) is 51.1 Å². The van der Waals surface area contributed by atoms with Crippen molar-refractivity contribution in [1.29, 1.82) is 0 Å². The fourth-order valence-corrected chi connectivity index (χ4v) is 5.81. The Hall–Kier alpha value is -2.14. The van der Waals surface area contributed by atoms with Crippen LogP contribution in [0.3, 0.4) is 0 Å². The minimum Gasteiger partial charge on any atom is -0.465 e. The Bertz CT molecular complexity index is 926. The van der Waals surface area contributed by atoms with Gasteiger partial charge in [0.25, 0.3) is 0 Å². The summed E-state index contributed by atoms with van der Waals surface area (Å²) in [4.78, 5) is 26.7. The predicted molar refractivity (Wildman–Crippen MR) is 117 cm³/mol. The Morgan fingerprint density at radius 3 is 2.55 bits per heavy atom. The van der Waals surface area contributed by atoms with Crippen LogP contribution < -0.4 is 5.32 Å². The zero-order chi connectivity index (χ0) is 20.8. The van der Waals surface area contributed by atoms with Crippen LogP contribution in [0.15, 0.2) is 30.3 Å². The Morgan fingerprint density at radius 2 is 1.90 bits per heavy atom. The normalized spacial score (nSPS) is 23.2. The molecule has 5 heteroatoms. The van der Waals surface area contributed by atoms with Gasteiger partial charge in [-0.25, -0.2) is 4.79 Å². The Kier molecular flexibility index (Phi) is 5.28. The van der Waals surface area contributed by atoms with Gasteiger partial charge >= 0.3 is 5.97 Å². The van der Waals surface area contributed by atoms with Crippen molar-refractivity contribution in [3.63, 3.8) is 0 Å². The number of carbonyl (C=O) groups excluding carboxylic acids is 2. The summed E-state index contributed by atoms with van der Waals surface area (Å²) in [7, 11) is 1.41. The second kappa shape index (κ2) is 7.60. The third kappa shape index (κ3) is 3.97. The number of benzene rings is 1. The van der Waals surface area contributed by atoms with E-state index >= 15 is 0 Å². The van der Waals surface area contributed by atoms with E-state index in [0.717, 1.165) is 31.2 Å². The first kappa shape index (κ1) is 20.1. The summed E-state index contributed by atoms with van der Waals surface area (Å²) in [5, 5.41) is 3.74. The predicted octanol–water partition coefficient (Wildman–Crippen LogP) is 5.43. The van der Waals surface area contributed by atoms with Crippen LogP contribution in [0, 0.1) is 17.3 Å². The first-order chi connectivity index (χ1) is 13.8. The number of nitrogens with one attached hydrogen (secondary N) is 1. The molecule has 2 aromatic rings. The number of esters is 1. The molecule has 1 fully saturated rings. The van der Waals surface area contributed by atoms with Crippen LogP contribution in [0.25, 0.3) is 0 Å². The van der Waals surface area contributed by atoms with Crippen molar-refractivity contribution in [2.24, 2.45) is 17.3 Å². The van der Waals surface area contributed by atoms with Gasteiger partial charge in [-0.3, -0.25) is 4.79 Å². The maximum Gasteiger partial charge on any atom is 0.341 e. The molecule has 1 amide bonds. The quantitative estimate of drug-likeness (QED) is 0.683. The summed E-state index contributed by atoms with van der Waals surface area (Å²) >= 11 is 1.56. The van der Waals surface area contributed by atoms with Crippen molar-refractivity contribution in [2.45, 2.75) is 52.4 Å². The lowest BCUT2D eigenvalue weighted by Gasteiger charge is -2.33. The summed E-state index contributed by atoms with van der Waals surface area (Å²) in [6.45, 7) is 6.82. The van der Waals surface area contributed by atoms with Crippen molar-refractivity contribution in [2.75, 3.05) is 12.4 Å². The van der Waals surface area contributed by atoms with Crippen LogP contribution in [0.5, 0.6) is 0 Å². The van der Waals surface area contributed by atoms with E-state index in [0.29, 0.717) is 16.5 Å². The van der Waals surface area contributed by atoms with E-state index in [2.05, 4.69) is 38.2 Å². The minimum atomic E-state index is -0.345. The average Bonchev–Trinajstić information content (AvgIpc) is 3.42. The maximum absolute atomic E-state index is 12.9. The highest BCUT2D eigenvalue weighted by molar-refractivity contribution is 7.17. The highest BCUT2D eigenvalue weighted by Gasteiger charge is 2.44. The van der Waals surface area contributed by atoms with E-state index in [1.807, 2.05) is 18.2 Å². The van der Waals surface area contributed by atoms with Crippen LogP contribution in [-0.4, -0.2) is 19.0 Å². The molecule has 0 radical (unpaired) electrons. The van der Waals surface area contributed by atoms with Crippen LogP contribution in [0.2, 0.25) is 0 Å². The van der Waals surface area contributed by atoms with Gasteiger partial charge in [0.1, 0.15) is 5.00 Å². The molecular weight excluding hydrogens is 382 g/mol. The number of fused-ring (bicyclic) bond motifs is 1. The number of hydrogen-bond acceptors (Lipinski definition) is 4. The highest BCUT2D eigenvalue weighted by atomic mass is 32.1. The Labute approximate surface area is 176 Å². The molecule has 0 bridgehead atoms. The fraction of sp³-hybridized carbons (Fsp3) is 0.500. The molecule has 4 rings (SSSR count). The molecule has 1 saturated carbocycles. The molecule has 4 nitrogen and oxygen atoms in total.